The van der Waals surface area contributed by atoms with Crippen molar-refractivity contribution in [1.82, 2.24) is 20.9 Å². The van der Waals surface area contributed by atoms with Gasteiger partial charge in [0.1, 0.15) is 5.82 Å². The molecular weight excluding hydrogens is 537 g/mol. The maximum Gasteiger partial charge on any atom is 0.305 e. The third-order valence-corrected chi connectivity index (χ3v) is 6.85. The molecule has 0 saturated heterocycles. The summed E-state index contributed by atoms with van der Waals surface area (Å²) >= 11 is 0. The van der Waals surface area contributed by atoms with Crippen LogP contribution in [0.3, 0.4) is 0 Å². The van der Waals surface area contributed by atoms with E-state index in [9.17, 15) is 18.8 Å². The van der Waals surface area contributed by atoms with Crippen molar-refractivity contribution in [2.45, 2.75) is 74.8 Å². The van der Waals surface area contributed by atoms with Gasteiger partial charge < -0.3 is 31.3 Å². The molecule has 42 heavy (non-hydrogen) atoms. The van der Waals surface area contributed by atoms with Gasteiger partial charge in [0.15, 0.2) is 0 Å². The van der Waals surface area contributed by atoms with Crippen molar-refractivity contribution in [3.05, 3.63) is 46.9 Å². The highest BCUT2D eigenvalue weighted by Crippen LogP contribution is 2.30. The normalized spacial score (nSPS) is 16.2. The number of nitrogens with one attached hydrogen (secondary N) is 4. The number of carbonyl (C=O) groups excluding carboxylic acids is 2. The Morgan fingerprint density at radius 2 is 1.76 bits per heavy atom. The molecule has 1 aliphatic rings. The minimum Gasteiger partial charge on any atom is -0.481 e. The average Bonchev–Trinajstić information content (AvgIpc) is 3.23. The molecule has 1 heterocycles. The quantitative estimate of drug-likeness (QED) is 0.155. The standard InChI is InChI=1S/C23H33FN4O2.C5H13N.C4H8O2/c1-6-28(7-2)11-10-25-23(30)22-16(4)21(27-17(22)5)12-15(3)19-13-18(24)8-9-20(19)26-14-29;1-3-5-6-4-2;1-3(2)4(5)6/h8-9,12-14,16,21,27H,6-7,10-11H2,1-5H3,(H,25,30)(H,26,29);6H,3-5H2,1-2H3;3H,1-2H3,(H,5,6)/b15-12+;;. The first-order valence-electron chi connectivity index (χ1n) is 15.0. The van der Waals surface area contributed by atoms with E-state index in [1.807, 2.05) is 26.8 Å². The van der Waals surface area contributed by atoms with E-state index in [0.29, 0.717) is 24.2 Å². The second-order valence-electron chi connectivity index (χ2n) is 10.4. The van der Waals surface area contributed by atoms with Crippen molar-refractivity contribution in [2.75, 3.05) is 44.6 Å². The van der Waals surface area contributed by atoms with Gasteiger partial charge in [-0.05, 0) is 70.2 Å². The number of hydrogen-bond donors (Lipinski definition) is 5. The molecule has 0 radical (unpaired) electrons. The summed E-state index contributed by atoms with van der Waals surface area (Å²) in [6.45, 7) is 23.2. The number of rotatable bonds is 14. The summed E-state index contributed by atoms with van der Waals surface area (Å²) < 4.78 is 13.8. The van der Waals surface area contributed by atoms with Gasteiger partial charge in [-0.15, -0.1) is 0 Å². The van der Waals surface area contributed by atoms with E-state index in [4.69, 9.17) is 5.11 Å². The number of halogens is 1. The Hall–Kier alpha value is -3.24. The first kappa shape index (κ1) is 38.8. The first-order chi connectivity index (χ1) is 19.9. The van der Waals surface area contributed by atoms with Gasteiger partial charge in [-0.1, -0.05) is 54.5 Å². The molecular formula is C32H54FN5O4. The molecule has 0 fully saturated rings. The number of carboxylic acid groups (broad SMARTS) is 1. The molecule has 1 aromatic rings. The Labute approximate surface area is 252 Å². The number of likely N-dealkylation sites (N-methyl/N-ethyl adjacent to an activating group) is 1. The molecule has 0 bridgehead atoms. The second-order valence-corrected chi connectivity index (χ2v) is 10.4. The van der Waals surface area contributed by atoms with Crippen LogP contribution in [0.2, 0.25) is 0 Å². The van der Waals surface area contributed by atoms with Gasteiger partial charge in [0, 0.05) is 41.5 Å². The summed E-state index contributed by atoms with van der Waals surface area (Å²) in [5, 5.41) is 20.2. The van der Waals surface area contributed by atoms with E-state index in [-0.39, 0.29) is 29.6 Å². The molecule has 0 spiro atoms. The summed E-state index contributed by atoms with van der Waals surface area (Å²) in [7, 11) is 0. The summed E-state index contributed by atoms with van der Waals surface area (Å²) in [5.74, 6) is -1.43. The van der Waals surface area contributed by atoms with Crippen LogP contribution in [0.15, 0.2) is 35.5 Å². The fourth-order valence-electron chi connectivity index (χ4n) is 4.24. The average molecular weight is 592 g/mol. The monoisotopic (exact) mass is 591 g/mol. The zero-order chi connectivity index (χ0) is 32.2. The molecule has 1 aliphatic heterocycles. The van der Waals surface area contributed by atoms with Crippen molar-refractivity contribution in [3.8, 4) is 0 Å². The van der Waals surface area contributed by atoms with Crippen LogP contribution >= 0.6 is 0 Å². The van der Waals surface area contributed by atoms with Crippen molar-refractivity contribution in [1.29, 1.82) is 0 Å². The number of anilines is 1. The minimum absolute atomic E-state index is 0.0376. The lowest BCUT2D eigenvalue weighted by atomic mass is 9.92. The Kier molecular flexibility index (Phi) is 19.8. The van der Waals surface area contributed by atoms with Crippen molar-refractivity contribution >= 4 is 29.5 Å². The predicted octanol–water partition coefficient (Wildman–Crippen LogP) is 4.87. The Balaban J connectivity index is 0.00000117. The number of carboxylic acids is 1. The predicted molar refractivity (Wildman–Crippen MR) is 171 cm³/mol. The molecule has 238 valence electrons. The zero-order valence-electron chi connectivity index (χ0n) is 27.1. The van der Waals surface area contributed by atoms with E-state index in [2.05, 4.69) is 53.9 Å². The Morgan fingerprint density at radius 1 is 1.14 bits per heavy atom. The lowest BCUT2D eigenvalue weighted by Crippen LogP contribution is -2.36. The number of amides is 2. The molecule has 2 amide bonds. The van der Waals surface area contributed by atoms with E-state index in [1.165, 1.54) is 18.6 Å². The van der Waals surface area contributed by atoms with Gasteiger partial charge in [0.2, 0.25) is 12.3 Å². The lowest BCUT2D eigenvalue weighted by molar-refractivity contribution is -0.140. The van der Waals surface area contributed by atoms with Gasteiger partial charge in [-0.2, -0.15) is 0 Å². The number of aliphatic carboxylic acids is 1. The van der Waals surface area contributed by atoms with E-state index < -0.39 is 5.97 Å². The van der Waals surface area contributed by atoms with Gasteiger partial charge in [0.05, 0.1) is 12.0 Å². The van der Waals surface area contributed by atoms with Gasteiger partial charge >= 0.3 is 5.97 Å². The zero-order valence-corrected chi connectivity index (χ0v) is 27.1. The number of carbonyl (C=O) groups is 3. The molecule has 10 heteroatoms. The van der Waals surface area contributed by atoms with Crippen LogP contribution in [0, 0.1) is 17.7 Å². The molecule has 2 rings (SSSR count). The lowest BCUT2D eigenvalue weighted by Gasteiger charge is -2.19. The topological polar surface area (TPSA) is 123 Å². The minimum atomic E-state index is -0.741. The molecule has 0 aliphatic carbocycles. The number of benzene rings is 1. The molecule has 9 nitrogen and oxygen atoms in total. The van der Waals surface area contributed by atoms with Crippen molar-refractivity contribution in [3.63, 3.8) is 0 Å². The third-order valence-electron chi connectivity index (χ3n) is 6.85. The highest BCUT2D eigenvalue weighted by Gasteiger charge is 2.32. The number of hydrogen-bond acceptors (Lipinski definition) is 6. The Bertz CT molecular complexity index is 1030. The van der Waals surface area contributed by atoms with Crippen molar-refractivity contribution < 1.29 is 23.9 Å². The summed E-state index contributed by atoms with van der Waals surface area (Å²) in [4.78, 5) is 35.6. The summed E-state index contributed by atoms with van der Waals surface area (Å²) in [6.07, 6.45) is 3.80. The smallest absolute Gasteiger partial charge is 0.305 e. The van der Waals surface area contributed by atoms with Crippen LogP contribution < -0.4 is 21.3 Å². The molecule has 0 aromatic heterocycles. The highest BCUT2D eigenvalue weighted by atomic mass is 19.1. The van der Waals surface area contributed by atoms with Crippen molar-refractivity contribution in [2.24, 2.45) is 11.8 Å². The number of nitrogens with zero attached hydrogens (tertiary/aromatic N) is 1. The first-order valence-corrected chi connectivity index (χ1v) is 15.0. The molecule has 2 unspecified atom stereocenters. The van der Waals surface area contributed by atoms with E-state index in [0.717, 1.165) is 49.6 Å². The van der Waals surface area contributed by atoms with Gasteiger partial charge in [-0.3, -0.25) is 14.4 Å². The fourth-order valence-corrected chi connectivity index (χ4v) is 4.24. The highest BCUT2D eigenvalue weighted by molar-refractivity contribution is 5.95. The molecule has 0 saturated carbocycles. The maximum absolute atomic E-state index is 13.8. The fraction of sp³-hybridized carbons (Fsp3) is 0.594. The van der Waals surface area contributed by atoms with Crippen LogP contribution in [-0.2, 0) is 14.4 Å². The van der Waals surface area contributed by atoms with Crippen LogP contribution in [0.5, 0.6) is 0 Å². The SMILES string of the molecule is CC(C)C(=O)O.CCCNCC.CCN(CC)CCNC(=O)C1=C(C)NC(/C=C(\C)c2cc(F)ccc2NC=O)C1C. The van der Waals surface area contributed by atoms with Crippen LogP contribution in [0.4, 0.5) is 10.1 Å². The maximum atomic E-state index is 13.8. The van der Waals surface area contributed by atoms with E-state index in [1.54, 1.807) is 19.9 Å². The largest absolute Gasteiger partial charge is 0.481 e. The van der Waals surface area contributed by atoms with Crippen LogP contribution in [0.25, 0.3) is 5.57 Å². The second kappa shape index (κ2) is 21.5. The van der Waals surface area contributed by atoms with Gasteiger partial charge in [-0.25, -0.2) is 4.39 Å². The van der Waals surface area contributed by atoms with Gasteiger partial charge in [0.25, 0.3) is 0 Å². The molecule has 1 aromatic carbocycles. The molecule has 2 atom stereocenters. The summed E-state index contributed by atoms with van der Waals surface area (Å²) in [5.41, 5.74) is 3.58. The number of allylic oxidation sites excluding steroid dienone is 2. The Morgan fingerprint density at radius 3 is 2.24 bits per heavy atom. The third kappa shape index (κ3) is 14.1. The summed E-state index contributed by atoms with van der Waals surface area (Å²) in [6, 6.07) is 4.16. The van der Waals surface area contributed by atoms with Crippen LogP contribution in [0.1, 0.15) is 74.3 Å². The van der Waals surface area contributed by atoms with Crippen LogP contribution in [-0.4, -0.2) is 73.6 Å². The molecule has 5 N–H and O–H groups in total. The van der Waals surface area contributed by atoms with E-state index >= 15 is 0 Å².